The van der Waals surface area contributed by atoms with E-state index in [4.69, 9.17) is 16.6 Å². The highest BCUT2D eigenvalue weighted by atomic mass is 35.5. The van der Waals surface area contributed by atoms with Crippen LogP contribution in [0, 0.1) is 0 Å². The molecule has 1 atom stereocenters. The van der Waals surface area contributed by atoms with Gasteiger partial charge in [-0.05, 0) is 74.3 Å². The average Bonchev–Trinajstić information content (AvgIpc) is 2.73. The zero-order valence-corrected chi connectivity index (χ0v) is 17.1. The summed E-state index contributed by atoms with van der Waals surface area (Å²) in [5.41, 5.74) is 6.97. The summed E-state index contributed by atoms with van der Waals surface area (Å²) < 4.78 is 0. The normalized spacial score (nSPS) is 18.3. The molecule has 0 radical (unpaired) electrons. The van der Waals surface area contributed by atoms with Crippen LogP contribution in [-0.2, 0) is 19.3 Å². The lowest BCUT2D eigenvalue weighted by atomic mass is 9.91. The Morgan fingerprint density at radius 1 is 1.10 bits per heavy atom. The number of benzene rings is 1. The SMILES string of the molecule is O=c1ccc2c([nH]1)CCC[C@H]2NCNc1c2c(nc3cc(Cl)ccc13)CCCC2. The van der Waals surface area contributed by atoms with Crippen LogP contribution in [0.25, 0.3) is 10.9 Å². The number of hydrogen-bond donors (Lipinski definition) is 3. The van der Waals surface area contributed by atoms with Crippen molar-refractivity contribution in [3.05, 3.63) is 68.2 Å². The Hall–Kier alpha value is -2.37. The van der Waals surface area contributed by atoms with E-state index in [1.54, 1.807) is 6.07 Å². The van der Waals surface area contributed by atoms with Crippen LogP contribution in [-0.4, -0.2) is 16.6 Å². The molecule has 0 saturated carbocycles. The van der Waals surface area contributed by atoms with E-state index >= 15 is 0 Å². The molecule has 29 heavy (non-hydrogen) atoms. The number of aromatic amines is 1. The quantitative estimate of drug-likeness (QED) is 0.556. The number of rotatable bonds is 4. The molecule has 1 aromatic carbocycles. The highest BCUT2D eigenvalue weighted by molar-refractivity contribution is 6.31. The van der Waals surface area contributed by atoms with Crippen LogP contribution in [0.15, 0.2) is 35.1 Å². The summed E-state index contributed by atoms with van der Waals surface area (Å²) in [6.45, 7) is 0.664. The highest BCUT2D eigenvalue weighted by Crippen LogP contribution is 2.34. The third-order valence-corrected chi connectivity index (χ3v) is 6.41. The van der Waals surface area contributed by atoms with E-state index in [0.29, 0.717) is 6.67 Å². The van der Waals surface area contributed by atoms with Gasteiger partial charge in [0.15, 0.2) is 0 Å². The number of pyridine rings is 2. The van der Waals surface area contributed by atoms with Crippen molar-refractivity contribution in [2.24, 2.45) is 0 Å². The van der Waals surface area contributed by atoms with Gasteiger partial charge in [-0.3, -0.25) is 15.1 Å². The van der Waals surface area contributed by atoms with Gasteiger partial charge in [0.2, 0.25) is 5.56 Å². The van der Waals surface area contributed by atoms with Gasteiger partial charge >= 0.3 is 0 Å². The lowest BCUT2D eigenvalue weighted by Crippen LogP contribution is -2.31. The third kappa shape index (κ3) is 3.65. The fraction of sp³-hybridized carbons (Fsp3) is 0.391. The first-order valence-corrected chi connectivity index (χ1v) is 10.9. The van der Waals surface area contributed by atoms with E-state index in [1.807, 2.05) is 18.2 Å². The molecule has 2 aliphatic rings. The summed E-state index contributed by atoms with van der Waals surface area (Å²) in [5.74, 6) is 0. The van der Waals surface area contributed by atoms with Crippen molar-refractivity contribution in [2.45, 2.75) is 51.0 Å². The Balaban J connectivity index is 1.41. The third-order valence-electron chi connectivity index (χ3n) is 6.17. The van der Waals surface area contributed by atoms with Crippen LogP contribution in [0.3, 0.4) is 0 Å². The van der Waals surface area contributed by atoms with E-state index in [1.165, 1.54) is 35.3 Å². The number of aryl methyl sites for hydroxylation is 2. The maximum atomic E-state index is 11.6. The van der Waals surface area contributed by atoms with Crippen LogP contribution < -0.4 is 16.2 Å². The molecule has 2 heterocycles. The molecular formula is C23H25ClN4O. The van der Waals surface area contributed by atoms with Gasteiger partial charge in [-0.25, -0.2) is 0 Å². The van der Waals surface area contributed by atoms with Crippen LogP contribution in [0.4, 0.5) is 5.69 Å². The Bertz CT molecular complexity index is 1120. The minimum absolute atomic E-state index is 0.0175. The predicted molar refractivity (Wildman–Crippen MR) is 118 cm³/mol. The Morgan fingerprint density at radius 3 is 2.93 bits per heavy atom. The molecule has 2 aliphatic carbocycles. The molecule has 150 valence electrons. The number of fused-ring (bicyclic) bond motifs is 3. The molecule has 5 nitrogen and oxygen atoms in total. The van der Waals surface area contributed by atoms with Crippen LogP contribution in [0.5, 0.6) is 0 Å². The topological polar surface area (TPSA) is 69.8 Å². The van der Waals surface area contributed by atoms with Crippen molar-refractivity contribution in [1.82, 2.24) is 15.3 Å². The summed E-state index contributed by atoms with van der Waals surface area (Å²) >= 11 is 6.22. The number of H-pyrrole nitrogens is 1. The number of nitrogens with one attached hydrogen (secondary N) is 3. The first-order chi connectivity index (χ1) is 14.2. The summed E-state index contributed by atoms with van der Waals surface area (Å²) in [6.07, 6.45) is 7.60. The maximum Gasteiger partial charge on any atom is 0.248 e. The van der Waals surface area contributed by atoms with Crippen LogP contribution >= 0.6 is 11.6 Å². The lowest BCUT2D eigenvalue weighted by Gasteiger charge is -2.27. The molecule has 0 fully saturated rings. The van der Waals surface area contributed by atoms with E-state index in [2.05, 4.69) is 21.7 Å². The fourth-order valence-electron chi connectivity index (χ4n) is 4.78. The van der Waals surface area contributed by atoms with Crippen molar-refractivity contribution in [1.29, 1.82) is 0 Å². The first kappa shape index (κ1) is 18.6. The van der Waals surface area contributed by atoms with E-state index in [9.17, 15) is 4.79 Å². The standard InChI is InChI=1S/C23H25ClN4O/c24-14-8-9-17-21(12-14)27-20-5-2-1-4-16(20)23(17)26-13-25-18-6-3-7-19-15(18)10-11-22(29)28-19/h8-12,18,25H,1-7,13H2,(H,26,27)(H,28,29)/t18-/m1/s1. The second-order valence-electron chi connectivity index (χ2n) is 8.04. The lowest BCUT2D eigenvalue weighted by molar-refractivity contribution is 0.468. The molecule has 5 rings (SSSR count). The Kier molecular flexibility index (Phi) is 5.02. The van der Waals surface area contributed by atoms with Gasteiger partial charge in [0.05, 0.1) is 12.2 Å². The Labute approximate surface area is 174 Å². The zero-order valence-electron chi connectivity index (χ0n) is 16.4. The minimum atomic E-state index is -0.0175. The highest BCUT2D eigenvalue weighted by Gasteiger charge is 2.21. The van der Waals surface area contributed by atoms with Gasteiger partial charge in [0.25, 0.3) is 0 Å². The molecule has 0 bridgehead atoms. The molecule has 0 aliphatic heterocycles. The van der Waals surface area contributed by atoms with E-state index in [-0.39, 0.29) is 11.6 Å². The van der Waals surface area contributed by atoms with Crippen LogP contribution in [0.1, 0.15) is 54.2 Å². The fourth-order valence-corrected chi connectivity index (χ4v) is 4.94. The molecule has 3 aromatic rings. The predicted octanol–water partition coefficient (Wildman–Crippen LogP) is 4.49. The largest absolute Gasteiger partial charge is 0.372 e. The monoisotopic (exact) mass is 408 g/mol. The number of hydrogen-bond acceptors (Lipinski definition) is 4. The number of halogens is 1. The van der Waals surface area contributed by atoms with Gasteiger partial charge in [-0.2, -0.15) is 0 Å². The first-order valence-electron chi connectivity index (χ1n) is 10.5. The number of nitrogens with zero attached hydrogens (tertiary/aromatic N) is 1. The second kappa shape index (κ2) is 7.81. The van der Waals surface area contributed by atoms with Crippen molar-refractivity contribution in [3.8, 4) is 0 Å². The van der Waals surface area contributed by atoms with E-state index < -0.39 is 0 Å². The summed E-state index contributed by atoms with van der Waals surface area (Å²) in [5, 5.41) is 9.16. The second-order valence-corrected chi connectivity index (χ2v) is 8.48. The van der Waals surface area contributed by atoms with Gasteiger partial charge in [0.1, 0.15) is 0 Å². The maximum absolute atomic E-state index is 11.6. The molecule has 0 unspecified atom stereocenters. The van der Waals surface area contributed by atoms with Gasteiger partial charge in [0, 0.05) is 39.6 Å². The summed E-state index contributed by atoms with van der Waals surface area (Å²) in [6, 6.07) is 9.81. The van der Waals surface area contributed by atoms with Gasteiger partial charge < -0.3 is 10.3 Å². The smallest absolute Gasteiger partial charge is 0.248 e. The van der Waals surface area contributed by atoms with Crippen molar-refractivity contribution in [2.75, 3.05) is 12.0 Å². The van der Waals surface area contributed by atoms with Crippen molar-refractivity contribution in [3.63, 3.8) is 0 Å². The van der Waals surface area contributed by atoms with Crippen molar-refractivity contribution < 1.29 is 0 Å². The van der Waals surface area contributed by atoms with Gasteiger partial charge in [-0.15, -0.1) is 0 Å². The average molecular weight is 409 g/mol. The molecule has 0 saturated heterocycles. The minimum Gasteiger partial charge on any atom is -0.372 e. The Morgan fingerprint density at radius 2 is 2.00 bits per heavy atom. The zero-order chi connectivity index (χ0) is 19.8. The van der Waals surface area contributed by atoms with Crippen LogP contribution in [0.2, 0.25) is 5.02 Å². The number of anilines is 1. The molecule has 6 heteroatoms. The van der Waals surface area contributed by atoms with E-state index in [0.717, 1.165) is 53.7 Å². The molecule has 0 spiro atoms. The molecule has 2 aromatic heterocycles. The number of aromatic nitrogens is 2. The summed E-state index contributed by atoms with van der Waals surface area (Å²) in [4.78, 5) is 19.5. The van der Waals surface area contributed by atoms with Gasteiger partial charge in [-0.1, -0.05) is 17.7 Å². The summed E-state index contributed by atoms with van der Waals surface area (Å²) in [7, 11) is 0. The molecule has 3 N–H and O–H groups in total. The van der Waals surface area contributed by atoms with Crippen molar-refractivity contribution >= 4 is 28.2 Å². The molecule has 0 amide bonds. The molecular weight excluding hydrogens is 384 g/mol.